The fourth-order valence-corrected chi connectivity index (χ4v) is 11.5. The van der Waals surface area contributed by atoms with Crippen LogP contribution >= 0.6 is 0 Å². The molecule has 17 atom stereocenters. The number of rotatable bonds is 56. The summed E-state index contributed by atoms with van der Waals surface area (Å²) in [5.74, 6) is -0.306. The number of unbranched alkanes of at least 4 members (excludes halogenated alkanes) is 16. The van der Waals surface area contributed by atoms with E-state index in [1.54, 1.807) is 6.08 Å². The highest BCUT2D eigenvalue weighted by atomic mass is 16.8. The lowest BCUT2D eigenvalue weighted by Crippen LogP contribution is -2.66. The third-order valence-electron chi connectivity index (χ3n) is 17.5. The van der Waals surface area contributed by atoms with E-state index >= 15 is 0 Å². The van der Waals surface area contributed by atoms with Crippen molar-refractivity contribution in [1.82, 2.24) is 5.32 Å². The fourth-order valence-electron chi connectivity index (χ4n) is 11.5. The Kier molecular flexibility index (Phi) is 53.6. The Labute approximate surface area is 599 Å². The molecule has 100 heavy (non-hydrogen) atoms. The molecule has 3 fully saturated rings. The lowest BCUT2D eigenvalue weighted by Gasteiger charge is -2.48. The summed E-state index contributed by atoms with van der Waals surface area (Å²) in [6, 6.07) is -1.01. The lowest BCUT2D eigenvalue weighted by atomic mass is 9.96. The molecule has 0 aromatic heterocycles. The fraction of sp³-hybridized carbons (Fsp3) is 0.667. The summed E-state index contributed by atoms with van der Waals surface area (Å²) >= 11 is 0. The monoisotopic (exact) mass is 1410 g/mol. The zero-order valence-corrected chi connectivity index (χ0v) is 60.4. The molecule has 568 valence electrons. The second-order valence-electron chi connectivity index (χ2n) is 26.0. The average Bonchev–Trinajstić information content (AvgIpc) is 0.784. The predicted molar refractivity (Wildman–Crippen MR) is 396 cm³/mol. The molecule has 3 heterocycles. The largest absolute Gasteiger partial charge is 0.394 e. The van der Waals surface area contributed by atoms with E-state index in [-0.39, 0.29) is 18.9 Å². The first-order valence-electron chi connectivity index (χ1n) is 37.7. The second kappa shape index (κ2) is 59.8. The van der Waals surface area contributed by atoms with E-state index in [0.717, 1.165) is 135 Å². The molecule has 0 aromatic carbocycles. The van der Waals surface area contributed by atoms with Crippen LogP contribution in [0.4, 0.5) is 0 Å². The van der Waals surface area contributed by atoms with Crippen LogP contribution in [-0.2, 0) is 33.2 Å². The van der Waals surface area contributed by atoms with E-state index in [9.17, 15) is 61.0 Å². The highest BCUT2D eigenvalue weighted by Crippen LogP contribution is 2.33. The van der Waals surface area contributed by atoms with Crippen LogP contribution < -0.4 is 5.32 Å². The van der Waals surface area contributed by atoms with Gasteiger partial charge in [0, 0.05) is 6.42 Å². The van der Waals surface area contributed by atoms with Gasteiger partial charge in [-0.1, -0.05) is 242 Å². The van der Waals surface area contributed by atoms with Gasteiger partial charge in [-0.05, 0) is 122 Å². The summed E-state index contributed by atoms with van der Waals surface area (Å²) in [6.07, 6.45) is 60.8. The summed E-state index contributed by atoms with van der Waals surface area (Å²) in [7, 11) is 0. The third-order valence-corrected chi connectivity index (χ3v) is 17.5. The third kappa shape index (κ3) is 39.9. The van der Waals surface area contributed by atoms with Crippen molar-refractivity contribution >= 4 is 5.91 Å². The molecule has 0 bridgehead atoms. The number of carbonyl (C=O) groups is 1. The standard InChI is InChI=1S/C81H131NO18/c1-3-5-7-9-11-13-15-17-19-21-22-23-24-25-26-27-28-29-30-31-32-33-34-35-36-37-38-39-40-41-42-43-45-47-49-51-53-55-57-59-69(87)82-64(65(86)58-56-54-52-50-48-46-44-20-18-16-14-12-10-8-6-4-2)63-95-79-75(93)72(90)77(67(61-84)97-79)100-81-76(94)73(91)78(68(62-85)98-81)99-80-74(92)71(89)70(88)66(60-83)96-80/h5,7,11,13,17-20,22-23,25-26,28-29,31-32,34-35,37-38,40-41,48,50,56,58,64-68,70-81,83-86,88-94H,3-4,6,8-10,12,14-16,21,24,27,30,33,36,39,42-47,49,51-55,57,59-63H2,1-2H3,(H,82,87)/b7-5-,13-11-,19-17-,20-18+,23-22-,26-25-,29-28-,32-31-,35-34-,38-37-,41-40-,50-48+,58-56+. The second-order valence-corrected chi connectivity index (χ2v) is 26.0. The number of carbonyl (C=O) groups excluding carboxylic acids is 1. The first kappa shape index (κ1) is 89.6. The van der Waals surface area contributed by atoms with Crippen LogP contribution in [0.25, 0.3) is 0 Å². The number of allylic oxidation sites excluding steroid dienone is 25. The van der Waals surface area contributed by atoms with E-state index in [1.807, 2.05) is 6.08 Å². The van der Waals surface area contributed by atoms with Crippen molar-refractivity contribution < 1.29 is 89.4 Å². The van der Waals surface area contributed by atoms with Crippen LogP contribution in [-0.4, -0.2) is 193 Å². The Morgan fingerprint density at radius 1 is 0.370 bits per heavy atom. The van der Waals surface area contributed by atoms with Crippen LogP contribution in [0.5, 0.6) is 0 Å². The number of ether oxygens (including phenoxy) is 6. The van der Waals surface area contributed by atoms with Crippen LogP contribution in [0, 0.1) is 0 Å². The summed E-state index contributed by atoms with van der Waals surface area (Å²) in [5, 5.41) is 121. The van der Waals surface area contributed by atoms with Gasteiger partial charge in [-0.3, -0.25) is 4.79 Å². The summed E-state index contributed by atoms with van der Waals surface area (Å²) in [4.78, 5) is 13.4. The molecular weight excluding hydrogens is 1270 g/mol. The van der Waals surface area contributed by atoms with Gasteiger partial charge in [-0.25, -0.2) is 0 Å². The number of aliphatic hydroxyl groups excluding tert-OH is 11. The Balaban J connectivity index is 1.37. The minimum atomic E-state index is -1.99. The molecule has 1 amide bonds. The number of nitrogens with one attached hydrogen (secondary N) is 1. The topological polar surface area (TPSA) is 307 Å². The van der Waals surface area contributed by atoms with E-state index in [4.69, 9.17) is 28.4 Å². The smallest absolute Gasteiger partial charge is 0.220 e. The molecule has 19 heteroatoms. The minimum Gasteiger partial charge on any atom is -0.394 e. The Hall–Kier alpha value is -4.59. The number of aliphatic hydroxyl groups is 11. The van der Waals surface area contributed by atoms with Gasteiger partial charge in [0.15, 0.2) is 18.9 Å². The van der Waals surface area contributed by atoms with Crippen molar-refractivity contribution in [2.24, 2.45) is 0 Å². The number of hydrogen-bond acceptors (Lipinski definition) is 18. The zero-order valence-electron chi connectivity index (χ0n) is 60.4. The van der Waals surface area contributed by atoms with E-state index in [0.29, 0.717) is 12.8 Å². The van der Waals surface area contributed by atoms with Gasteiger partial charge in [0.05, 0.1) is 38.6 Å². The zero-order chi connectivity index (χ0) is 72.5. The molecule has 3 aliphatic heterocycles. The van der Waals surface area contributed by atoms with Crippen LogP contribution in [0.3, 0.4) is 0 Å². The Morgan fingerprint density at radius 3 is 1.12 bits per heavy atom. The van der Waals surface area contributed by atoms with Gasteiger partial charge >= 0.3 is 0 Å². The van der Waals surface area contributed by atoms with Crippen molar-refractivity contribution in [2.75, 3.05) is 26.4 Å². The van der Waals surface area contributed by atoms with Crippen molar-refractivity contribution in [1.29, 1.82) is 0 Å². The first-order valence-corrected chi connectivity index (χ1v) is 37.7. The quantitative estimate of drug-likeness (QED) is 0.0199. The number of hydrogen-bond donors (Lipinski definition) is 12. The normalized spacial score (nSPS) is 27.4. The maximum Gasteiger partial charge on any atom is 0.220 e. The van der Waals surface area contributed by atoms with Crippen LogP contribution in [0.1, 0.15) is 213 Å². The van der Waals surface area contributed by atoms with Gasteiger partial charge in [0.25, 0.3) is 0 Å². The molecule has 19 nitrogen and oxygen atoms in total. The summed E-state index contributed by atoms with van der Waals surface area (Å²) in [5.41, 5.74) is 0. The molecule has 0 radical (unpaired) electrons. The van der Waals surface area contributed by atoms with Crippen LogP contribution in [0.2, 0.25) is 0 Å². The highest BCUT2D eigenvalue weighted by molar-refractivity contribution is 5.76. The predicted octanol–water partition coefficient (Wildman–Crippen LogP) is 11.7. The van der Waals surface area contributed by atoms with Gasteiger partial charge in [0.2, 0.25) is 5.91 Å². The molecular formula is C81H131NO18. The average molecular weight is 1410 g/mol. The van der Waals surface area contributed by atoms with Gasteiger partial charge in [-0.15, -0.1) is 0 Å². The maximum atomic E-state index is 13.4. The van der Waals surface area contributed by atoms with Crippen molar-refractivity contribution in [3.05, 3.63) is 158 Å². The van der Waals surface area contributed by atoms with Crippen molar-refractivity contribution in [2.45, 2.75) is 317 Å². The number of amides is 1. The Morgan fingerprint density at radius 2 is 0.700 bits per heavy atom. The molecule has 0 saturated carbocycles. The van der Waals surface area contributed by atoms with Gasteiger partial charge in [-0.2, -0.15) is 0 Å². The molecule has 3 aliphatic rings. The van der Waals surface area contributed by atoms with Gasteiger partial charge in [0.1, 0.15) is 73.2 Å². The van der Waals surface area contributed by atoms with E-state index in [2.05, 4.69) is 165 Å². The van der Waals surface area contributed by atoms with Crippen LogP contribution in [0.15, 0.2) is 158 Å². The molecule has 0 aliphatic carbocycles. The summed E-state index contributed by atoms with van der Waals surface area (Å²) < 4.78 is 34.3. The highest BCUT2D eigenvalue weighted by Gasteiger charge is 2.53. The van der Waals surface area contributed by atoms with E-state index < -0.39 is 124 Å². The SMILES string of the molecule is CC/C=C\C/C=C\C/C=C\C/C=C\C/C=C\C/C=C\C/C=C\C/C=C\C/C=C\C/C=C\CCCCCCCCCCC(=O)NC(COC1OC(CO)C(OC2OC(CO)C(OC3OC(CO)C(O)C(O)C3O)C(O)C2O)C(O)C1O)C(O)/C=C/CC/C=C/CC/C=C/CCCCCCCC. The van der Waals surface area contributed by atoms with Crippen molar-refractivity contribution in [3.63, 3.8) is 0 Å². The molecule has 0 aromatic rings. The lowest BCUT2D eigenvalue weighted by molar-refractivity contribution is -0.379. The molecule has 3 rings (SSSR count). The minimum absolute atomic E-state index is 0.211. The maximum absolute atomic E-state index is 13.4. The molecule has 12 N–H and O–H groups in total. The first-order chi connectivity index (χ1) is 48.8. The van der Waals surface area contributed by atoms with Crippen molar-refractivity contribution in [3.8, 4) is 0 Å². The molecule has 3 saturated heterocycles. The molecule has 0 spiro atoms. The van der Waals surface area contributed by atoms with E-state index in [1.165, 1.54) is 44.9 Å². The van der Waals surface area contributed by atoms with Gasteiger partial charge < -0.3 is 89.9 Å². The Bertz CT molecular complexity index is 2430. The summed E-state index contributed by atoms with van der Waals surface area (Å²) in [6.45, 7) is 1.55. The molecule has 17 unspecified atom stereocenters.